The molecule has 0 radical (unpaired) electrons. The Hall–Kier alpha value is -2.62. The molecule has 4 heteroatoms. The van der Waals surface area contributed by atoms with E-state index in [1.807, 2.05) is 48.5 Å². The number of hydrogen-bond acceptors (Lipinski definition) is 3. The molecule has 0 aliphatic carbocycles. The molecule has 0 unspecified atom stereocenters. The standard InChI is InChI=1S/C19H22N2O2/c1-3-15-5-7-17(8-6-15)13-20-21-19(22)14-23-18-11-9-16(4-2)10-12-18/h5-13H,3-4,14H2,1-2H3,(H,21,22)/b20-13-. The van der Waals surface area contributed by atoms with E-state index in [4.69, 9.17) is 4.74 Å². The van der Waals surface area contributed by atoms with Crippen molar-refractivity contribution in [2.24, 2.45) is 5.10 Å². The molecule has 2 aromatic carbocycles. The van der Waals surface area contributed by atoms with Gasteiger partial charge in [-0.15, -0.1) is 0 Å². The second-order valence-electron chi connectivity index (χ2n) is 5.17. The Balaban J connectivity index is 1.76. The van der Waals surface area contributed by atoms with E-state index in [-0.39, 0.29) is 12.5 Å². The number of ether oxygens (including phenoxy) is 1. The summed E-state index contributed by atoms with van der Waals surface area (Å²) in [5.74, 6) is 0.391. The molecular formula is C19H22N2O2. The van der Waals surface area contributed by atoms with Gasteiger partial charge in [-0.1, -0.05) is 50.2 Å². The lowest BCUT2D eigenvalue weighted by atomic mass is 10.1. The zero-order chi connectivity index (χ0) is 16.5. The Kier molecular flexibility index (Phi) is 6.36. The molecule has 120 valence electrons. The Morgan fingerprint density at radius 3 is 2.13 bits per heavy atom. The van der Waals surface area contributed by atoms with Crippen molar-refractivity contribution < 1.29 is 9.53 Å². The third kappa shape index (κ3) is 5.58. The number of nitrogens with one attached hydrogen (secondary N) is 1. The van der Waals surface area contributed by atoms with Gasteiger partial charge >= 0.3 is 0 Å². The number of nitrogens with zero attached hydrogens (tertiary/aromatic N) is 1. The molecule has 2 aromatic rings. The van der Waals surface area contributed by atoms with Gasteiger partial charge in [0, 0.05) is 0 Å². The number of hydrogen-bond donors (Lipinski definition) is 1. The molecule has 1 N–H and O–H groups in total. The van der Waals surface area contributed by atoms with Crippen LogP contribution < -0.4 is 10.2 Å². The summed E-state index contributed by atoms with van der Waals surface area (Å²) < 4.78 is 5.41. The van der Waals surface area contributed by atoms with Gasteiger partial charge in [0.2, 0.25) is 0 Å². The first-order chi connectivity index (χ1) is 11.2. The van der Waals surface area contributed by atoms with Gasteiger partial charge in [-0.25, -0.2) is 5.43 Å². The summed E-state index contributed by atoms with van der Waals surface area (Å²) in [4.78, 5) is 11.7. The molecule has 0 saturated heterocycles. The van der Waals surface area contributed by atoms with Crippen molar-refractivity contribution in [3.63, 3.8) is 0 Å². The van der Waals surface area contributed by atoms with E-state index in [0.717, 1.165) is 18.4 Å². The molecule has 1 amide bonds. The van der Waals surface area contributed by atoms with Crippen LogP contribution in [0.25, 0.3) is 0 Å². The first-order valence-electron chi connectivity index (χ1n) is 7.84. The zero-order valence-electron chi connectivity index (χ0n) is 13.6. The third-order valence-corrected chi connectivity index (χ3v) is 3.49. The summed E-state index contributed by atoms with van der Waals surface area (Å²) in [5.41, 5.74) is 5.91. The van der Waals surface area contributed by atoms with Gasteiger partial charge in [-0.05, 0) is 41.7 Å². The molecule has 0 atom stereocenters. The van der Waals surface area contributed by atoms with Crippen molar-refractivity contribution in [2.75, 3.05) is 6.61 Å². The average molecular weight is 310 g/mol. The van der Waals surface area contributed by atoms with E-state index in [9.17, 15) is 4.79 Å². The van der Waals surface area contributed by atoms with Crippen molar-refractivity contribution in [3.8, 4) is 5.75 Å². The van der Waals surface area contributed by atoms with Crippen LogP contribution in [0.1, 0.15) is 30.5 Å². The van der Waals surface area contributed by atoms with Crippen LogP contribution in [0.3, 0.4) is 0 Å². The first-order valence-corrected chi connectivity index (χ1v) is 7.84. The van der Waals surface area contributed by atoms with Gasteiger partial charge in [-0.2, -0.15) is 5.10 Å². The fraction of sp³-hybridized carbons (Fsp3) is 0.263. The second kappa shape index (κ2) is 8.73. The van der Waals surface area contributed by atoms with Crippen LogP contribution in [-0.2, 0) is 17.6 Å². The normalized spacial score (nSPS) is 10.7. The maximum absolute atomic E-state index is 11.7. The number of carbonyl (C=O) groups excluding carboxylic acids is 1. The molecule has 0 fully saturated rings. The van der Waals surface area contributed by atoms with Crippen molar-refractivity contribution in [3.05, 3.63) is 65.2 Å². The van der Waals surface area contributed by atoms with E-state index in [2.05, 4.69) is 24.4 Å². The van der Waals surface area contributed by atoms with Gasteiger partial charge in [0.25, 0.3) is 5.91 Å². The maximum Gasteiger partial charge on any atom is 0.277 e. The van der Waals surface area contributed by atoms with Crippen LogP contribution in [0.4, 0.5) is 0 Å². The highest BCUT2D eigenvalue weighted by Gasteiger charge is 2.01. The number of carbonyl (C=O) groups is 1. The fourth-order valence-electron chi connectivity index (χ4n) is 2.02. The molecule has 0 bridgehead atoms. The minimum absolute atomic E-state index is 0.0580. The smallest absolute Gasteiger partial charge is 0.277 e. The number of benzene rings is 2. The molecule has 0 heterocycles. The fourth-order valence-corrected chi connectivity index (χ4v) is 2.02. The SMILES string of the molecule is CCc1ccc(/C=N\NC(=O)COc2ccc(CC)cc2)cc1. The molecule has 0 aliphatic heterocycles. The summed E-state index contributed by atoms with van der Waals surface area (Å²) in [6, 6.07) is 15.8. The van der Waals surface area contributed by atoms with Crippen molar-refractivity contribution in [2.45, 2.75) is 26.7 Å². The maximum atomic E-state index is 11.7. The van der Waals surface area contributed by atoms with E-state index in [0.29, 0.717) is 5.75 Å². The zero-order valence-corrected chi connectivity index (χ0v) is 13.6. The average Bonchev–Trinajstić information content (AvgIpc) is 2.61. The lowest BCUT2D eigenvalue weighted by Gasteiger charge is -2.05. The molecule has 23 heavy (non-hydrogen) atoms. The van der Waals surface area contributed by atoms with E-state index >= 15 is 0 Å². The third-order valence-electron chi connectivity index (χ3n) is 3.49. The summed E-state index contributed by atoms with van der Waals surface area (Å²) in [6.07, 6.45) is 3.60. The van der Waals surface area contributed by atoms with Crippen LogP contribution in [0, 0.1) is 0 Å². The molecule has 4 nitrogen and oxygen atoms in total. The molecule has 0 aromatic heterocycles. The number of aryl methyl sites for hydroxylation is 2. The monoisotopic (exact) mass is 310 g/mol. The van der Waals surface area contributed by atoms with Gasteiger partial charge in [0.15, 0.2) is 6.61 Å². The van der Waals surface area contributed by atoms with Crippen molar-refractivity contribution >= 4 is 12.1 Å². The lowest BCUT2D eigenvalue weighted by Crippen LogP contribution is -2.24. The molecule has 0 aliphatic rings. The highest BCUT2D eigenvalue weighted by molar-refractivity contribution is 5.82. The van der Waals surface area contributed by atoms with Gasteiger partial charge in [0.05, 0.1) is 6.21 Å². The topological polar surface area (TPSA) is 50.7 Å². The minimum Gasteiger partial charge on any atom is -0.484 e. The summed E-state index contributed by atoms with van der Waals surface area (Å²) in [6.45, 7) is 4.15. The molecule has 0 saturated carbocycles. The van der Waals surface area contributed by atoms with Gasteiger partial charge < -0.3 is 4.74 Å². The van der Waals surface area contributed by atoms with Crippen LogP contribution in [0.2, 0.25) is 0 Å². The lowest BCUT2D eigenvalue weighted by molar-refractivity contribution is -0.123. The number of hydrazone groups is 1. The second-order valence-corrected chi connectivity index (χ2v) is 5.17. The number of rotatable bonds is 7. The largest absolute Gasteiger partial charge is 0.484 e. The number of amides is 1. The van der Waals surface area contributed by atoms with Crippen LogP contribution in [-0.4, -0.2) is 18.7 Å². The summed E-state index contributed by atoms with van der Waals surface area (Å²) >= 11 is 0. The van der Waals surface area contributed by atoms with Crippen LogP contribution in [0.15, 0.2) is 53.6 Å². The van der Waals surface area contributed by atoms with Gasteiger partial charge in [-0.3, -0.25) is 4.79 Å². The highest BCUT2D eigenvalue weighted by atomic mass is 16.5. The minimum atomic E-state index is -0.286. The predicted molar refractivity (Wildman–Crippen MR) is 92.9 cm³/mol. The van der Waals surface area contributed by atoms with E-state index in [1.165, 1.54) is 11.1 Å². The van der Waals surface area contributed by atoms with Crippen LogP contribution >= 0.6 is 0 Å². The Bertz CT molecular complexity index is 646. The summed E-state index contributed by atoms with van der Waals surface area (Å²) in [7, 11) is 0. The molecule has 2 rings (SSSR count). The summed E-state index contributed by atoms with van der Waals surface area (Å²) in [5, 5.41) is 3.93. The van der Waals surface area contributed by atoms with E-state index < -0.39 is 0 Å². The Morgan fingerprint density at radius 1 is 1.00 bits per heavy atom. The molecular weight excluding hydrogens is 288 g/mol. The Morgan fingerprint density at radius 2 is 1.57 bits per heavy atom. The van der Waals surface area contributed by atoms with Crippen molar-refractivity contribution in [1.82, 2.24) is 5.43 Å². The van der Waals surface area contributed by atoms with E-state index in [1.54, 1.807) is 6.21 Å². The van der Waals surface area contributed by atoms with Gasteiger partial charge in [0.1, 0.15) is 5.75 Å². The van der Waals surface area contributed by atoms with Crippen molar-refractivity contribution in [1.29, 1.82) is 0 Å². The van der Waals surface area contributed by atoms with Crippen LogP contribution in [0.5, 0.6) is 5.75 Å². The predicted octanol–water partition coefficient (Wildman–Crippen LogP) is 3.34. The molecule has 0 spiro atoms. The first kappa shape index (κ1) is 16.7. The highest BCUT2D eigenvalue weighted by Crippen LogP contribution is 2.12. The quantitative estimate of drug-likeness (QED) is 0.630. The Labute approximate surface area is 137 Å².